The zero-order chi connectivity index (χ0) is 20.0. The van der Waals surface area contributed by atoms with E-state index in [-0.39, 0.29) is 17.3 Å². The first-order valence-corrected chi connectivity index (χ1v) is 8.55. The van der Waals surface area contributed by atoms with Gasteiger partial charge in [-0.1, -0.05) is 31.5 Å². The van der Waals surface area contributed by atoms with E-state index in [1.54, 1.807) is 24.3 Å². The minimum Gasteiger partial charge on any atom is -0.493 e. The summed E-state index contributed by atoms with van der Waals surface area (Å²) in [5.41, 5.74) is -1.03. The number of nitrogens with one attached hydrogen (secondary N) is 1. The molecule has 0 radical (unpaired) electrons. The third-order valence-corrected chi connectivity index (χ3v) is 3.66. The number of rotatable bonds is 7. The van der Waals surface area contributed by atoms with Crippen molar-refractivity contribution < 1.29 is 27.4 Å². The maximum absolute atomic E-state index is 12.8. The first-order valence-electron chi connectivity index (χ1n) is 8.17. The van der Waals surface area contributed by atoms with Crippen molar-refractivity contribution in [2.24, 2.45) is 5.92 Å². The molecule has 0 atom stereocenters. The number of carbonyl (C=O) groups is 1. The minimum absolute atomic E-state index is 0.000401. The maximum Gasteiger partial charge on any atom is 0.416 e. The molecule has 0 unspecified atom stereocenters. The largest absolute Gasteiger partial charge is 0.493 e. The maximum atomic E-state index is 12.8. The van der Waals surface area contributed by atoms with Crippen molar-refractivity contribution in [1.82, 2.24) is 0 Å². The summed E-state index contributed by atoms with van der Waals surface area (Å²) < 4.78 is 49.2. The molecule has 0 aliphatic rings. The Hall–Kier alpha value is -2.41. The fraction of sp³-hybridized carbons (Fsp3) is 0.316. The normalized spacial score (nSPS) is 11.4. The molecule has 4 nitrogen and oxygen atoms in total. The average Bonchev–Trinajstić information content (AvgIpc) is 2.59. The van der Waals surface area contributed by atoms with Crippen LogP contribution in [0.1, 0.15) is 19.4 Å². The molecule has 1 N–H and O–H groups in total. The van der Waals surface area contributed by atoms with Gasteiger partial charge >= 0.3 is 6.18 Å². The van der Waals surface area contributed by atoms with E-state index in [1.165, 1.54) is 0 Å². The van der Waals surface area contributed by atoms with Gasteiger partial charge in [0, 0.05) is 6.07 Å². The molecule has 146 valence electrons. The van der Waals surface area contributed by atoms with Crippen LogP contribution in [0.3, 0.4) is 0 Å². The number of anilines is 1. The van der Waals surface area contributed by atoms with E-state index in [9.17, 15) is 18.0 Å². The molecule has 0 saturated heterocycles. The van der Waals surface area contributed by atoms with Gasteiger partial charge in [-0.15, -0.1) is 0 Å². The number of hydrogen-bond acceptors (Lipinski definition) is 3. The van der Waals surface area contributed by atoms with Crippen LogP contribution in [-0.2, 0) is 11.0 Å². The van der Waals surface area contributed by atoms with Gasteiger partial charge in [0.05, 0.1) is 22.9 Å². The molecule has 0 aromatic heterocycles. The molecular formula is C19H19ClF3NO3. The molecule has 0 aliphatic carbocycles. The summed E-state index contributed by atoms with van der Waals surface area (Å²) in [7, 11) is 0. The Labute approximate surface area is 160 Å². The molecule has 0 bridgehead atoms. The van der Waals surface area contributed by atoms with Crippen LogP contribution in [0.5, 0.6) is 11.5 Å². The predicted molar refractivity (Wildman–Crippen MR) is 97.4 cm³/mol. The molecule has 0 heterocycles. The summed E-state index contributed by atoms with van der Waals surface area (Å²) in [5.74, 6) is 0.728. The lowest BCUT2D eigenvalue weighted by atomic mass is 10.2. The van der Waals surface area contributed by atoms with E-state index in [4.69, 9.17) is 21.1 Å². The van der Waals surface area contributed by atoms with Gasteiger partial charge in [-0.05, 0) is 36.2 Å². The van der Waals surface area contributed by atoms with Crippen LogP contribution in [0.4, 0.5) is 18.9 Å². The van der Waals surface area contributed by atoms with E-state index in [2.05, 4.69) is 5.32 Å². The van der Waals surface area contributed by atoms with E-state index >= 15 is 0 Å². The molecule has 0 spiro atoms. The fourth-order valence-electron chi connectivity index (χ4n) is 2.05. The highest BCUT2D eigenvalue weighted by Crippen LogP contribution is 2.33. The molecule has 27 heavy (non-hydrogen) atoms. The SMILES string of the molecule is CC(C)COc1cccc(OCC(=O)Nc2cc(C(F)(F)F)ccc2Cl)c1. The summed E-state index contributed by atoms with van der Waals surface area (Å²) in [4.78, 5) is 12.0. The Bertz CT molecular complexity index is 794. The highest BCUT2D eigenvalue weighted by atomic mass is 35.5. The van der Waals surface area contributed by atoms with Crippen LogP contribution in [-0.4, -0.2) is 19.1 Å². The molecule has 2 aromatic carbocycles. The van der Waals surface area contributed by atoms with Gasteiger partial charge in [0.2, 0.25) is 0 Å². The van der Waals surface area contributed by atoms with Crippen molar-refractivity contribution in [3.8, 4) is 11.5 Å². The van der Waals surface area contributed by atoms with Gasteiger partial charge in [0.25, 0.3) is 5.91 Å². The lowest BCUT2D eigenvalue weighted by Crippen LogP contribution is -2.20. The molecule has 8 heteroatoms. The van der Waals surface area contributed by atoms with Gasteiger partial charge in [-0.3, -0.25) is 4.79 Å². The Morgan fingerprint density at radius 3 is 2.41 bits per heavy atom. The third kappa shape index (κ3) is 6.67. The number of hydrogen-bond donors (Lipinski definition) is 1. The van der Waals surface area contributed by atoms with Crippen LogP contribution in [0.2, 0.25) is 5.02 Å². The highest BCUT2D eigenvalue weighted by Gasteiger charge is 2.31. The zero-order valence-electron chi connectivity index (χ0n) is 14.8. The summed E-state index contributed by atoms with van der Waals surface area (Å²) in [6, 6.07) is 9.46. The summed E-state index contributed by atoms with van der Waals surface area (Å²) in [5, 5.41) is 2.32. The fourth-order valence-corrected chi connectivity index (χ4v) is 2.21. The molecule has 2 aromatic rings. The minimum atomic E-state index is -4.53. The number of benzene rings is 2. The van der Waals surface area contributed by atoms with Gasteiger partial charge in [-0.25, -0.2) is 0 Å². The second-order valence-corrected chi connectivity index (χ2v) is 6.62. The smallest absolute Gasteiger partial charge is 0.416 e. The lowest BCUT2D eigenvalue weighted by Gasteiger charge is -2.13. The van der Waals surface area contributed by atoms with E-state index < -0.39 is 17.6 Å². The number of alkyl halides is 3. The molecule has 2 rings (SSSR count). The quantitative estimate of drug-likeness (QED) is 0.674. The summed E-state index contributed by atoms with van der Waals surface area (Å²) >= 11 is 5.85. The van der Waals surface area contributed by atoms with E-state index in [0.29, 0.717) is 24.0 Å². The van der Waals surface area contributed by atoms with Crippen molar-refractivity contribution in [2.75, 3.05) is 18.5 Å². The second-order valence-electron chi connectivity index (χ2n) is 6.21. The van der Waals surface area contributed by atoms with Crippen LogP contribution >= 0.6 is 11.6 Å². The first kappa shape index (κ1) is 20.9. The molecule has 1 amide bonds. The number of halogens is 4. The van der Waals surface area contributed by atoms with Crippen LogP contribution in [0.15, 0.2) is 42.5 Å². The van der Waals surface area contributed by atoms with Crippen molar-refractivity contribution >= 4 is 23.2 Å². The Morgan fingerprint density at radius 1 is 1.11 bits per heavy atom. The van der Waals surface area contributed by atoms with Gasteiger partial charge in [-0.2, -0.15) is 13.2 Å². The van der Waals surface area contributed by atoms with Crippen molar-refractivity contribution in [1.29, 1.82) is 0 Å². The number of ether oxygens (including phenoxy) is 2. The predicted octanol–water partition coefficient (Wildman–Crippen LogP) is 5.41. The third-order valence-electron chi connectivity index (χ3n) is 3.33. The zero-order valence-corrected chi connectivity index (χ0v) is 15.5. The van der Waals surface area contributed by atoms with E-state index in [1.807, 2.05) is 13.8 Å². The van der Waals surface area contributed by atoms with Gasteiger partial charge in [0.1, 0.15) is 11.5 Å². The topological polar surface area (TPSA) is 47.6 Å². The molecule has 0 fully saturated rings. The monoisotopic (exact) mass is 401 g/mol. The van der Waals surface area contributed by atoms with Crippen LogP contribution in [0.25, 0.3) is 0 Å². The molecule has 0 aliphatic heterocycles. The number of amides is 1. The van der Waals surface area contributed by atoms with Crippen molar-refractivity contribution in [2.45, 2.75) is 20.0 Å². The van der Waals surface area contributed by atoms with Crippen LogP contribution < -0.4 is 14.8 Å². The van der Waals surface area contributed by atoms with Gasteiger partial charge in [0.15, 0.2) is 6.61 Å². The molecular weight excluding hydrogens is 383 g/mol. The molecule has 0 saturated carbocycles. The van der Waals surface area contributed by atoms with Crippen molar-refractivity contribution in [3.05, 3.63) is 53.1 Å². The van der Waals surface area contributed by atoms with Gasteiger partial charge < -0.3 is 14.8 Å². The van der Waals surface area contributed by atoms with E-state index in [0.717, 1.165) is 18.2 Å². The Morgan fingerprint density at radius 2 is 1.78 bits per heavy atom. The average molecular weight is 402 g/mol. The first-order chi connectivity index (χ1) is 12.6. The Kier molecular flexibility index (Phi) is 6.96. The van der Waals surface area contributed by atoms with Crippen molar-refractivity contribution in [3.63, 3.8) is 0 Å². The lowest BCUT2D eigenvalue weighted by molar-refractivity contribution is -0.137. The second kappa shape index (κ2) is 8.99. The Balaban J connectivity index is 1.96. The highest BCUT2D eigenvalue weighted by molar-refractivity contribution is 6.33. The van der Waals surface area contributed by atoms with Crippen LogP contribution in [0, 0.1) is 5.92 Å². The number of carbonyl (C=O) groups excluding carboxylic acids is 1. The standard InChI is InChI=1S/C19H19ClF3NO3/c1-12(2)10-26-14-4-3-5-15(9-14)27-11-18(25)24-17-8-13(19(21,22)23)6-7-16(17)20/h3-9,12H,10-11H2,1-2H3,(H,24,25). The summed E-state index contributed by atoms with van der Waals surface area (Å²) in [6.07, 6.45) is -4.53. The summed E-state index contributed by atoms with van der Waals surface area (Å²) in [6.45, 7) is 4.19.